The molecular weight excluding hydrogens is 204 g/mol. The fraction of sp³-hybridized carbons (Fsp3) is 0.333. The van der Waals surface area contributed by atoms with Crippen molar-refractivity contribution in [3.8, 4) is 0 Å². The highest BCUT2D eigenvalue weighted by Gasteiger charge is 2.07. The summed E-state index contributed by atoms with van der Waals surface area (Å²) in [5.41, 5.74) is 2.16. The molecule has 0 saturated carbocycles. The lowest BCUT2D eigenvalue weighted by Gasteiger charge is -2.09. The maximum atomic E-state index is 11.6. The van der Waals surface area contributed by atoms with Gasteiger partial charge in [0.2, 0.25) is 5.91 Å². The van der Waals surface area contributed by atoms with Crippen LogP contribution in [0.4, 0.5) is 5.69 Å². The number of hydrogen-bond acceptors (Lipinski definition) is 2. The lowest BCUT2D eigenvalue weighted by Crippen LogP contribution is -2.22. The van der Waals surface area contributed by atoms with Crippen molar-refractivity contribution in [3.63, 3.8) is 0 Å². The number of amides is 2. The topological polar surface area (TPSA) is 58.2 Å². The van der Waals surface area contributed by atoms with Crippen LogP contribution in [-0.2, 0) is 4.79 Å². The molecule has 0 heterocycles. The smallest absolute Gasteiger partial charge is 0.251 e. The van der Waals surface area contributed by atoms with Gasteiger partial charge in [-0.3, -0.25) is 9.59 Å². The molecular formula is C12H16N2O2. The molecule has 0 saturated heterocycles. The summed E-state index contributed by atoms with van der Waals surface area (Å²) < 4.78 is 0. The minimum Gasteiger partial charge on any atom is -0.352 e. The number of rotatable bonds is 3. The predicted molar refractivity (Wildman–Crippen MR) is 63.5 cm³/mol. The molecule has 4 heteroatoms. The first-order chi connectivity index (χ1) is 7.54. The highest BCUT2D eigenvalue weighted by atomic mass is 16.2. The molecule has 4 nitrogen and oxygen atoms in total. The van der Waals surface area contributed by atoms with E-state index in [1.165, 1.54) is 6.92 Å². The van der Waals surface area contributed by atoms with Gasteiger partial charge < -0.3 is 10.6 Å². The lowest BCUT2D eigenvalue weighted by molar-refractivity contribution is -0.114. The second kappa shape index (κ2) is 5.30. The zero-order chi connectivity index (χ0) is 12.1. The molecule has 0 fully saturated rings. The molecule has 86 valence electrons. The van der Waals surface area contributed by atoms with Gasteiger partial charge in [-0.05, 0) is 31.5 Å². The average molecular weight is 220 g/mol. The van der Waals surface area contributed by atoms with Crippen molar-refractivity contribution in [3.05, 3.63) is 29.3 Å². The first-order valence-corrected chi connectivity index (χ1v) is 5.21. The monoisotopic (exact) mass is 220 g/mol. The van der Waals surface area contributed by atoms with Crippen LogP contribution in [0, 0.1) is 6.92 Å². The van der Waals surface area contributed by atoms with Gasteiger partial charge in [-0.15, -0.1) is 0 Å². The van der Waals surface area contributed by atoms with E-state index in [2.05, 4.69) is 10.6 Å². The Morgan fingerprint density at radius 2 is 2.00 bits per heavy atom. The van der Waals surface area contributed by atoms with Gasteiger partial charge in [-0.2, -0.15) is 0 Å². The third kappa shape index (κ3) is 3.08. The molecule has 0 spiro atoms. The van der Waals surface area contributed by atoms with Crippen molar-refractivity contribution in [2.24, 2.45) is 0 Å². The first-order valence-electron chi connectivity index (χ1n) is 5.21. The van der Waals surface area contributed by atoms with Crippen LogP contribution in [0.25, 0.3) is 0 Å². The molecule has 16 heavy (non-hydrogen) atoms. The van der Waals surface area contributed by atoms with E-state index in [0.717, 1.165) is 5.56 Å². The number of aryl methyl sites for hydroxylation is 1. The van der Waals surface area contributed by atoms with Crippen molar-refractivity contribution < 1.29 is 9.59 Å². The Bertz CT molecular complexity index is 413. The molecule has 0 aliphatic carbocycles. The standard InChI is InChI=1S/C12H16N2O2/c1-4-13-12(16)10-6-5-8(2)11(7-10)14-9(3)15/h5-7H,4H2,1-3H3,(H,13,16)(H,14,15). The van der Waals surface area contributed by atoms with E-state index < -0.39 is 0 Å². The fourth-order valence-electron chi connectivity index (χ4n) is 1.35. The maximum absolute atomic E-state index is 11.6. The second-order valence-electron chi connectivity index (χ2n) is 3.57. The average Bonchev–Trinajstić information content (AvgIpc) is 2.21. The number of carbonyl (C=O) groups excluding carboxylic acids is 2. The van der Waals surface area contributed by atoms with Gasteiger partial charge in [0.25, 0.3) is 5.91 Å². The summed E-state index contributed by atoms with van der Waals surface area (Å²) in [6.07, 6.45) is 0. The fourth-order valence-corrected chi connectivity index (χ4v) is 1.35. The molecule has 2 N–H and O–H groups in total. The van der Waals surface area contributed by atoms with Crippen LogP contribution in [0.3, 0.4) is 0 Å². The summed E-state index contributed by atoms with van der Waals surface area (Å²) in [5.74, 6) is -0.273. The van der Waals surface area contributed by atoms with E-state index in [1.54, 1.807) is 12.1 Å². The minimum absolute atomic E-state index is 0.130. The highest BCUT2D eigenvalue weighted by Crippen LogP contribution is 2.16. The number of hydrogen-bond donors (Lipinski definition) is 2. The molecule has 1 rings (SSSR count). The van der Waals surface area contributed by atoms with Crippen molar-refractivity contribution >= 4 is 17.5 Å². The minimum atomic E-state index is -0.142. The van der Waals surface area contributed by atoms with E-state index >= 15 is 0 Å². The Morgan fingerprint density at radius 1 is 1.31 bits per heavy atom. The van der Waals surface area contributed by atoms with Crippen molar-refractivity contribution in [2.75, 3.05) is 11.9 Å². The largest absolute Gasteiger partial charge is 0.352 e. The lowest BCUT2D eigenvalue weighted by atomic mass is 10.1. The molecule has 1 aromatic rings. The highest BCUT2D eigenvalue weighted by molar-refractivity contribution is 5.97. The number of benzene rings is 1. The number of carbonyl (C=O) groups is 2. The van der Waals surface area contributed by atoms with Crippen LogP contribution < -0.4 is 10.6 Å². The number of anilines is 1. The summed E-state index contributed by atoms with van der Waals surface area (Å²) in [4.78, 5) is 22.5. The van der Waals surface area contributed by atoms with Gasteiger partial charge in [0.15, 0.2) is 0 Å². The molecule has 0 aliphatic rings. The summed E-state index contributed by atoms with van der Waals surface area (Å²) in [6, 6.07) is 5.24. The van der Waals surface area contributed by atoms with E-state index in [9.17, 15) is 9.59 Å². The van der Waals surface area contributed by atoms with Gasteiger partial charge in [0.1, 0.15) is 0 Å². The Labute approximate surface area is 95.0 Å². The maximum Gasteiger partial charge on any atom is 0.251 e. The van der Waals surface area contributed by atoms with Crippen molar-refractivity contribution in [1.82, 2.24) is 5.32 Å². The van der Waals surface area contributed by atoms with Crippen LogP contribution in [0.5, 0.6) is 0 Å². The molecule has 0 aromatic heterocycles. The van der Waals surface area contributed by atoms with Crippen LogP contribution in [0.15, 0.2) is 18.2 Å². The van der Waals surface area contributed by atoms with Gasteiger partial charge in [-0.25, -0.2) is 0 Å². The zero-order valence-corrected chi connectivity index (χ0v) is 9.76. The van der Waals surface area contributed by atoms with Crippen molar-refractivity contribution in [1.29, 1.82) is 0 Å². The molecule has 2 amide bonds. The van der Waals surface area contributed by atoms with Crippen molar-refractivity contribution in [2.45, 2.75) is 20.8 Å². The van der Waals surface area contributed by atoms with Crippen LogP contribution in [0.2, 0.25) is 0 Å². The Hall–Kier alpha value is -1.84. The number of nitrogens with one attached hydrogen (secondary N) is 2. The normalized spacial score (nSPS) is 9.69. The molecule has 0 bridgehead atoms. The van der Waals surface area contributed by atoms with Crippen LogP contribution >= 0.6 is 0 Å². The Balaban J connectivity index is 2.97. The van der Waals surface area contributed by atoms with Gasteiger partial charge in [0, 0.05) is 24.7 Å². The van der Waals surface area contributed by atoms with E-state index in [-0.39, 0.29) is 11.8 Å². The van der Waals surface area contributed by atoms with E-state index in [1.807, 2.05) is 19.9 Å². The third-order valence-corrected chi connectivity index (χ3v) is 2.15. The SMILES string of the molecule is CCNC(=O)c1ccc(C)c(NC(C)=O)c1. The predicted octanol–water partition coefficient (Wildman–Crippen LogP) is 1.70. The third-order valence-electron chi connectivity index (χ3n) is 2.15. The molecule has 0 aliphatic heterocycles. The van der Waals surface area contributed by atoms with E-state index in [0.29, 0.717) is 17.8 Å². The van der Waals surface area contributed by atoms with Crippen LogP contribution in [0.1, 0.15) is 29.8 Å². The van der Waals surface area contributed by atoms with E-state index in [4.69, 9.17) is 0 Å². The molecule has 0 radical (unpaired) electrons. The molecule has 0 atom stereocenters. The summed E-state index contributed by atoms with van der Waals surface area (Å²) >= 11 is 0. The first kappa shape index (κ1) is 12.2. The van der Waals surface area contributed by atoms with Crippen LogP contribution in [-0.4, -0.2) is 18.4 Å². The Morgan fingerprint density at radius 3 is 2.56 bits per heavy atom. The quantitative estimate of drug-likeness (QED) is 0.814. The van der Waals surface area contributed by atoms with Gasteiger partial charge in [-0.1, -0.05) is 6.07 Å². The second-order valence-corrected chi connectivity index (χ2v) is 3.57. The Kier molecular flexibility index (Phi) is 4.05. The summed E-state index contributed by atoms with van der Waals surface area (Å²) in [5, 5.41) is 5.40. The zero-order valence-electron chi connectivity index (χ0n) is 9.76. The molecule has 0 unspecified atom stereocenters. The van der Waals surface area contributed by atoms with Gasteiger partial charge in [0.05, 0.1) is 0 Å². The summed E-state index contributed by atoms with van der Waals surface area (Å²) in [7, 11) is 0. The summed E-state index contributed by atoms with van der Waals surface area (Å²) in [6.45, 7) is 5.77. The van der Waals surface area contributed by atoms with Gasteiger partial charge >= 0.3 is 0 Å². The molecule has 1 aromatic carbocycles.